The number of amides is 2. The van der Waals surface area contributed by atoms with Gasteiger partial charge in [-0.2, -0.15) is 5.26 Å². The molecule has 14 atom stereocenters. The maximum atomic E-state index is 14.5. The van der Waals surface area contributed by atoms with Crippen LogP contribution in [0.1, 0.15) is 92.8 Å². The average Bonchev–Trinajstić information content (AvgIpc) is 3.50. The van der Waals surface area contributed by atoms with E-state index in [-0.39, 0.29) is 43.0 Å². The van der Waals surface area contributed by atoms with Crippen molar-refractivity contribution in [1.29, 1.82) is 5.26 Å². The number of esters is 2. The topological polar surface area (TPSA) is 225 Å². The molecule has 1 aromatic rings. The molecule has 0 aliphatic carbocycles. The Morgan fingerprint density at radius 2 is 1.83 bits per heavy atom. The maximum Gasteiger partial charge on any atom is 0.408 e. The summed E-state index contributed by atoms with van der Waals surface area (Å²) in [4.78, 5) is 73.4. The van der Waals surface area contributed by atoms with E-state index in [1.165, 1.54) is 20.0 Å². The van der Waals surface area contributed by atoms with Gasteiger partial charge in [0.05, 0.1) is 30.2 Å². The number of carbonyl (C=O) groups is 5. The summed E-state index contributed by atoms with van der Waals surface area (Å²) in [6.07, 6.45) is -2.58. The Morgan fingerprint density at radius 3 is 2.42 bits per heavy atom. The molecule has 4 heterocycles. The van der Waals surface area contributed by atoms with Gasteiger partial charge in [0, 0.05) is 37.4 Å². The molecule has 3 aliphatic heterocycles. The zero-order valence-electron chi connectivity index (χ0n) is 35.9. The molecule has 0 radical (unpaired) electrons. The maximum absolute atomic E-state index is 14.5. The summed E-state index contributed by atoms with van der Waals surface area (Å²) in [5.74, 6) is -5.60. The number of hydrogen-bond acceptors (Lipinski definition) is 15. The number of likely N-dealkylation sites (N-methyl/N-ethyl adjacent to an activating group) is 1. The largest absolute Gasteiger partial charge is 0.458 e. The van der Waals surface area contributed by atoms with Crippen molar-refractivity contribution >= 4 is 36.0 Å². The fourth-order valence-corrected chi connectivity index (χ4v) is 8.70. The van der Waals surface area contributed by atoms with Crippen molar-refractivity contribution in [3.05, 3.63) is 35.7 Å². The Balaban J connectivity index is 1.80. The van der Waals surface area contributed by atoms with E-state index in [1.807, 2.05) is 32.0 Å². The number of nitriles is 1. The Hall–Kier alpha value is -4.63. The number of nitrogens with one attached hydrogen (secondary N) is 2. The second-order valence-electron chi connectivity index (χ2n) is 16.8. The molecular formula is C42H61N5O12. The molecule has 0 aromatic carbocycles. The third-order valence-corrected chi connectivity index (χ3v) is 11.9. The number of hydrogen-bond donors (Lipinski definition) is 3. The zero-order chi connectivity index (χ0) is 44.0. The summed E-state index contributed by atoms with van der Waals surface area (Å²) in [6, 6.07) is 3.96. The number of carbonyl (C=O) groups excluding carboxylic acids is 5. The molecule has 0 saturated carbocycles. The van der Waals surface area contributed by atoms with Gasteiger partial charge in [0.1, 0.15) is 35.4 Å². The minimum absolute atomic E-state index is 0.00779. The van der Waals surface area contributed by atoms with E-state index < -0.39 is 95.7 Å². The van der Waals surface area contributed by atoms with Crippen LogP contribution in [-0.2, 0) is 42.8 Å². The van der Waals surface area contributed by atoms with Gasteiger partial charge in [-0.25, -0.2) is 14.6 Å². The van der Waals surface area contributed by atoms with E-state index in [1.54, 1.807) is 65.8 Å². The fraction of sp³-hybridized carbons (Fsp3) is 0.690. The van der Waals surface area contributed by atoms with Crippen LogP contribution in [0.4, 0.5) is 9.59 Å². The van der Waals surface area contributed by atoms with Gasteiger partial charge in [-0.15, -0.1) is 0 Å². The van der Waals surface area contributed by atoms with E-state index >= 15 is 0 Å². The highest BCUT2D eigenvalue weighted by molar-refractivity contribution is 5.85. The lowest BCUT2D eigenvalue weighted by atomic mass is 9.73. The summed E-state index contributed by atoms with van der Waals surface area (Å²) >= 11 is 0. The van der Waals surface area contributed by atoms with Crippen molar-refractivity contribution in [2.75, 3.05) is 20.6 Å². The molecule has 17 heteroatoms. The molecule has 0 spiro atoms. The smallest absolute Gasteiger partial charge is 0.408 e. The van der Waals surface area contributed by atoms with Crippen LogP contribution in [0.2, 0.25) is 0 Å². The Kier molecular flexibility index (Phi) is 15.6. The highest BCUT2D eigenvalue weighted by Crippen LogP contribution is 2.41. The summed E-state index contributed by atoms with van der Waals surface area (Å²) in [7, 11) is 3.67. The summed E-state index contributed by atoms with van der Waals surface area (Å²) in [5.41, 5.74) is -2.23. The van der Waals surface area contributed by atoms with Crippen LogP contribution in [0.25, 0.3) is 6.08 Å². The first-order chi connectivity index (χ1) is 27.6. The van der Waals surface area contributed by atoms with E-state index in [9.17, 15) is 29.1 Å². The number of aromatic nitrogens is 1. The molecule has 2 amide bonds. The summed E-state index contributed by atoms with van der Waals surface area (Å²) in [6.45, 7) is 14.5. The third kappa shape index (κ3) is 11.0. The number of cyclic esters (lactones) is 1. The predicted octanol–water partition coefficient (Wildman–Crippen LogP) is 3.90. The van der Waals surface area contributed by atoms with Crippen molar-refractivity contribution in [2.45, 2.75) is 142 Å². The van der Waals surface area contributed by atoms with Gasteiger partial charge in [0.25, 0.3) is 0 Å². The molecule has 3 saturated heterocycles. The Bertz CT molecular complexity index is 1750. The van der Waals surface area contributed by atoms with Gasteiger partial charge in [0.15, 0.2) is 18.0 Å². The second kappa shape index (κ2) is 19.6. The highest BCUT2D eigenvalue weighted by atomic mass is 16.7. The van der Waals surface area contributed by atoms with E-state index in [0.717, 1.165) is 0 Å². The molecule has 0 unspecified atom stereocenters. The van der Waals surface area contributed by atoms with Gasteiger partial charge in [-0.1, -0.05) is 45.9 Å². The number of pyridine rings is 1. The Labute approximate surface area is 346 Å². The quantitative estimate of drug-likeness (QED) is 0.237. The number of nitrogens with zero attached hydrogens (tertiary/aromatic N) is 3. The zero-order valence-corrected chi connectivity index (χ0v) is 35.9. The van der Waals surface area contributed by atoms with Gasteiger partial charge < -0.3 is 49.1 Å². The third-order valence-electron chi connectivity index (χ3n) is 11.9. The Morgan fingerprint density at radius 1 is 1.14 bits per heavy atom. The van der Waals surface area contributed by atoms with E-state index in [4.69, 9.17) is 33.7 Å². The summed E-state index contributed by atoms with van der Waals surface area (Å²) < 4.78 is 37.0. The summed E-state index contributed by atoms with van der Waals surface area (Å²) in [5, 5.41) is 26.6. The van der Waals surface area contributed by atoms with Gasteiger partial charge in [0.2, 0.25) is 0 Å². The van der Waals surface area contributed by atoms with Crippen LogP contribution in [-0.4, -0.2) is 126 Å². The van der Waals surface area contributed by atoms with Crippen LogP contribution in [0.5, 0.6) is 0 Å². The van der Waals surface area contributed by atoms with Crippen molar-refractivity contribution in [3.8, 4) is 6.07 Å². The number of Topliss-reactive ketones (excluding diaryl/α,β-unsaturated/α-hetero) is 1. The minimum Gasteiger partial charge on any atom is -0.458 e. The average molecular weight is 828 g/mol. The molecule has 3 fully saturated rings. The van der Waals surface area contributed by atoms with Crippen molar-refractivity contribution in [2.24, 2.45) is 23.7 Å². The van der Waals surface area contributed by atoms with Crippen LogP contribution >= 0.6 is 0 Å². The number of alkyl carbamates (subject to hydrolysis) is 2. The van der Waals surface area contributed by atoms with Crippen LogP contribution in [0, 0.1) is 35.0 Å². The molecule has 59 heavy (non-hydrogen) atoms. The van der Waals surface area contributed by atoms with Crippen LogP contribution in [0.3, 0.4) is 0 Å². The molecule has 4 rings (SSSR count). The molecule has 1 aromatic heterocycles. The second-order valence-corrected chi connectivity index (χ2v) is 16.8. The number of rotatable bonds is 9. The SMILES string of the molecule is CC[C@H]1OC(=O)[C@H](C)[C@@H](O)[C@H](C)[C@@H](O[C@@H]2O[C@H](C)C[C@H](N(C)C)[C@H]2OC(C)=O)[C@](C)(OC(=O)NC/C=C/c2ccc(C#N)nc2)C[C@@H](C)C(=O)[C@H](C)[C@H]2NC(=O)O[C@@]21C. The molecule has 0 bridgehead atoms. The molecule has 3 N–H and O–H groups in total. The standard InChI is InChI=1S/C42H61N5O12/c1-12-31-42(9)35(46-40(53)59-42)24(4)32(49)22(2)19-41(8,58-39(52)44-17-13-14-28-15-16-29(20-43)45-21-28)36(25(5)33(50)26(6)37(51)56-31)57-38-34(55-27(7)48)30(47(10)11)18-23(3)54-38/h13-16,21-26,30-31,33-36,38,50H,12,17-19H2,1-11H3,(H,44,52)(H,46,53)/b14-13+/t22-,23-,24+,25+,26-,30+,31-,33+,34-,35-,36-,38+,41-,42-/m1/s1. The number of aliphatic hydroxyl groups excluding tert-OH is 1. The monoisotopic (exact) mass is 827 g/mol. The lowest BCUT2D eigenvalue weighted by Crippen LogP contribution is -2.61. The van der Waals surface area contributed by atoms with E-state index in [2.05, 4.69) is 15.6 Å². The first-order valence-electron chi connectivity index (χ1n) is 20.2. The number of fused-ring (bicyclic) bond motifs is 1. The first-order valence-corrected chi connectivity index (χ1v) is 20.2. The molecular weight excluding hydrogens is 766 g/mol. The van der Waals surface area contributed by atoms with Crippen LogP contribution in [0.15, 0.2) is 24.4 Å². The predicted molar refractivity (Wildman–Crippen MR) is 212 cm³/mol. The van der Waals surface area contributed by atoms with Gasteiger partial charge in [-0.3, -0.25) is 14.4 Å². The normalized spacial score (nSPS) is 37.0. The molecule has 17 nitrogen and oxygen atoms in total. The van der Waals surface area contributed by atoms with Gasteiger partial charge in [-0.05, 0) is 72.7 Å². The fourth-order valence-electron chi connectivity index (χ4n) is 8.70. The lowest BCUT2D eigenvalue weighted by Gasteiger charge is -2.48. The number of aliphatic hydroxyl groups is 1. The molecule has 3 aliphatic rings. The van der Waals surface area contributed by atoms with Gasteiger partial charge >= 0.3 is 24.1 Å². The number of ether oxygens (including phenoxy) is 6. The minimum atomic E-state index is -1.74. The van der Waals surface area contributed by atoms with Crippen molar-refractivity contribution < 1.29 is 57.5 Å². The van der Waals surface area contributed by atoms with E-state index in [0.29, 0.717) is 12.0 Å². The molecule has 326 valence electrons. The lowest BCUT2D eigenvalue weighted by molar-refractivity contribution is -0.300. The number of ketones is 1. The first kappa shape index (κ1) is 47.1. The van der Waals surface area contributed by atoms with Crippen molar-refractivity contribution in [1.82, 2.24) is 20.5 Å². The van der Waals surface area contributed by atoms with Crippen LogP contribution < -0.4 is 10.6 Å². The highest BCUT2D eigenvalue weighted by Gasteiger charge is 2.58. The van der Waals surface area contributed by atoms with Crippen molar-refractivity contribution in [3.63, 3.8) is 0 Å².